The van der Waals surface area contributed by atoms with E-state index in [0.29, 0.717) is 0 Å². The van der Waals surface area contributed by atoms with Crippen molar-refractivity contribution >= 4 is 11.8 Å². The summed E-state index contributed by atoms with van der Waals surface area (Å²) in [5, 5.41) is 0.765. The Morgan fingerprint density at radius 3 is 2.17 bits per heavy atom. The SMILES string of the molecule is CCCCCCCCCSC(CCCCCC)Cn1ccnc1. The molecule has 0 saturated heterocycles. The fraction of sp³-hybridized carbons (Fsp3) is 0.850. The van der Waals surface area contributed by atoms with Crippen molar-refractivity contribution in [2.24, 2.45) is 0 Å². The van der Waals surface area contributed by atoms with Gasteiger partial charge >= 0.3 is 0 Å². The van der Waals surface area contributed by atoms with E-state index in [1.807, 2.05) is 12.5 Å². The highest BCUT2D eigenvalue weighted by atomic mass is 32.2. The van der Waals surface area contributed by atoms with E-state index in [2.05, 4.69) is 41.4 Å². The second-order valence-corrected chi connectivity index (χ2v) is 8.13. The molecule has 0 aromatic carbocycles. The molecule has 0 saturated carbocycles. The number of thioether (sulfide) groups is 1. The zero-order valence-electron chi connectivity index (χ0n) is 15.5. The Morgan fingerprint density at radius 1 is 0.870 bits per heavy atom. The molecule has 0 spiro atoms. The first kappa shape index (κ1) is 20.6. The molecular formula is C20H38N2S. The van der Waals surface area contributed by atoms with Crippen molar-refractivity contribution in [2.45, 2.75) is 103 Å². The summed E-state index contributed by atoms with van der Waals surface area (Å²) in [6, 6.07) is 0. The minimum atomic E-state index is 0.765. The fourth-order valence-corrected chi connectivity index (χ4v) is 4.28. The highest BCUT2D eigenvalue weighted by Gasteiger charge is 2.09. The van der Waals surface area contributed by atoms with Crippen LogP contribution in [0.1, 0.15) is 90.9 Å². The molecule has 0 amide bonds. The zero-order valence-corrected chi connectivity index (χ0v) is 16.3. The van der Waals surface area contributed by atoms with Crippen LogP contribution in [0, 0.1) is 0 Å². The number of hydrogen-bond acceptors (Lipinski definition) is 2. The molecule has 0 aliphatic heterocycles. The van der Waals surface area contributed by atoms with E-state index in [4.69, 9.17) is 0 Å². The predicted molar refractivity (Wildman–Crippen MR) is 105 cm³/mol. The van der Waals surface area contributed by atoms with E-state index in [-0.39, 0.29) is 0 Å². The van der Waals surface area contributed by atoms with E-state index in [0.717, 1.165) is 11.8 Å². The van der Waals surface area contributed by atoms with E-state index < -0.39 is 0 Å². The van der Waals surface area contributed by atoms with Gasteiger partial charge < -0.3 is 4.57 Å². The first-order valence-corrected chi connectivity index (χ1v) is 11.0. The van der Waals surface area contributed by atoms with Crippen molar-refractivity contribution in [1.82, 2.24) is 9.55 Å². The molecule has 1 unspecified atom stereocenters. The van der Waals surface area contributed by atoms with Crippen LogP contribution in [0.4, 0.5) is 0 Å². The zero-order chi connectivity index (χ0) is 16.6. The lowest BCUT2D eigenvalue weighted by molar-refractivity contribution is 0.568. The third-order valence-corrected chi connectivity index (χ3v) is 5.84. The average Bonchev–Trinajstić information content (AvgIpc) is 3.06. The molecule has 1 rings (SSSR count). The molecule has 1 atom stereocenters. The van der Waals surface area contributed by atoms with Gasteiger partial charge in [-0.15, -0.1) is 0 Å². The lowest BCUT2D eigenvalue weighted by Gasteiger charge is -2.17. The van der Waals surface area contributed by atoms with Gasteiger partial charge in [-0.2, -0.15) is 11.8 Å². The Bertz CT molecular complexity index is 337. The van der Waals surface area contributed by atoms with Crippen molar-refractivity contribution in [3.05, 3.63) is 18.7 Å². The highest BCUT2D eigenvalue weighted by Crippen LogP contribution is 2.22. The van der Waals surface area contributed by atoms with Crippen molar-refractivity contribution in [3.8, 4) is 0 Å². The summed E-state index contributed by atoms with van der Waals surface area (Å²) in [6.45, 7) is 5.71. The second-order valence-electron chi connectivity index (χ2n) is 6.72. The number of rotatable bonds is 16. The van der Waals surface area contributed by atoms with Crippen molar-refractivity contribution in [2.75, 3.05) is 5.75 Å². The van der Waals surface area contributed by atoms with Gasteiger partial charge in [-0.05, 0) is 18.6 Å². The standard InChI is InChI=1S/C20H38N2S/c1-3-5-7-9-10-11-13-17-23-20(14-12-8-6-4-2)18-22-16-15-21-19-22/h15-16,19-20H,3-14,17-18H2,1-2H3. The molecule has 1 aromatic heterocycles. The number of hydrogen-bond donors (Lipinski definition) is 0. The molecule has 0 N–H and O–H groups in total. The Morgan fingerprint density at radius 2 is 1.52 bits per heavy atom. The van der Waals surface area contributed by atoms with Crippen LogP contribution in [0.15, 0.2) is 18.7 Å². The first-order chi connectivity index (χ1) is 11.4. The lowest BCUT2D eigenvalue weighted by Crippen LogP contribution is -2.13. The Kier molecular flexibility index (Phi) is 13.5. The van der Waals surface area contributed by atoms with E-state index >= 15 is 0 Å². The fourth-order valence-electron chi connectivity index (χ4n) is 2.97. The molecule has 0 bridgehead atoms. The van der Waals surface area contributed by atoms with Crippen LogP contribution in [-0.2, 0) is 6.54 Å². The maximum absolute atomic E-state index is 4.18. The van der Waals surface area contributed by atoms with Crippen LogP contribution < -0.4 is 0 Å². The van der Waals surface area contributed by atoms with Crippen LogP contribution >= 0.6 is 11.8 Å². The van der Waals surface area contributed by atoms with Crippen molar-refractivity contribution in [3.63, 3.8) is 0 Å². The minimum absolute atomic E-state index is 0.765. The summed E-state index contributed by atoms with van der Waals surface area (Å²) in [7, 11) is 0. The summed E-state index contributed by atoms with van der Waals surface area (Å²) in [5.74, 6) is 1.33. The van der Waals surface area contributed by atoms with Crippen molar-refractivity contribution in [1.29, 1.82) is 0 Å². The highest BCUT2D eigenvalue weighted by molar-refractivity contribution is 7.99. The summed E-state index contributed by atoms with van der Waals surface area (Å²) < 4.78 is 2.25. The number of unbranched alkanes of at least 4 members (excludes halogenated alkanes) is 9. The van der Waals surface area contributed by atoms with Crippen molar-refractivity contribution < 1.29 is 0 Å². The molecule has 0 fully saturated rings. The Labute approximate surface area is 148 Å². The maximum Gasteiger partial charge on any atom is 0.0946 e. The Hall–Kier alpha value is -0.440. The first-order valence-electron chi connectivity index (χ1n) is 9.94. The van der Waals surface area contributed by atoms with Gasteiger partial charge in [0.1, 0.15) is 0 Å². The van der Waals surface area contributed by atoms with Gasteiger partial charge in [0.15, 0.2) is 0 Å². The van der Waals surface area contributed by atoms with Gasteiger partial charge in [0.2, 0.25) is 0 Å². The van der Waals surface area contributed by atoms with E-state index in [9.17, 15) is 0 Å². The van der Waals surface area contributed by atoms with Gasteiger partial charge in [0.25, 0.3) is 0 Å². The van der Waals surface area contributed by atoms with Crippen LogP contribution in [0.3, 0.4) is 0 Å². The Balaban J connectivity index is 2.13. The lowest BCUT2D eigenvalue weighted by atomic mass is 10.1. The molecule has 1 heterocycles. The topological polar surface area (TPSA) is 17.8 Å². The summed E-state index contributed by atoms with van der Waals surface area (Å²) in [5.41, 5.74) is 0. The summed E-state index contributed by atoms with van der Waals surface area (Å²) in [6.07, 6.45) is 22.7. The molecule has 1 aromatic rings. The largest absolute Gasteiger partial charge is 0.336 e. The quantitative estimate of drug-likeness (QED) is 0.312. The van der Waals surface area contributed by atoms with Gasteiger partial charge in [-0.25, -0.2) is 4.98 Å². The number of aromatic nitrogens is 2. The summed E-state index contributed by atoms with van der Waals surface area (Å²) >= 11 is 2.20. The molecular weight excluding hydrogens is 300 g/mol. The van der Waals surface area contributed by atoms with Crippen LogP contribution in [-0.4, -0.2) is 20.6 Å². The minimum Gasteiger partial charge on any atom is -0.336 e. The van der Waals surface area contributed by atoms with E-state index in [1.54, 1.807) is 0 Å². The normalized spacial score (nSPS) is 12.6. The molecule has 3 heteroatoms. The smallest absolute Gasteiger partial charge is 0.0946 e. The molecule has 0 radical (unpaired) electrons. The van der Waals surface area contributed by atoms with Gasteiger partial charge in [-0.1, -0.05) is 78.1 Å². The third-order valence-electron chi connectivity index (χ3n) is 4.45. The maximum atomic E-state index is 4.18. The molecule has 0 aliphatic rings. The molecule has 2 nitrogen and oxygen atoms in total. The molecule has 23 heavy (non-hydrogen) atoms. The van der Waals surface area contributed by atoms with Crippen LogP contribution in [0.2, 0.25) is 0 Å². The third kappa shape index (κ3) is 11.7. The number of imidazole rings is 1. The predicted octanol–water partition coefficient (Wildman–Crippen LogP) is 6.71. The van der Waals surface area contributed by atoms with Gasteiger partial charge in [0, 0.05) is 24.2 Å². The average molecular weight is 339 g/mol. The molecule has 134 valence electrons. The molecule has 0 aliphatic carbocycles. The van der Waals surface area contributed by atoms with Gasteiger partial charge in [0.05, 0.1) is 6.33 Å². The number of nitrogens with zero attached hydrogens (tertiary/aromatic N) is 2. The van der Waals surface area contributed by atoms with E-state index in [1.165, 1.54) is 82.8 Å². The van der Waals surface area contributed by atoms with Crippen LogP contribution in [0.25, 0.3) is 0 Å². The van der Waals surface area contributed by atoms with Crippen LogP contribution in [0.5, 0.6) is 0 Å². The summed E-state index contributed by atoms with van der Waals surface area (Å²) in [4.78, 5) is 4.18. The second kappa shape index (κ2) is 15.1. The monoisotopic (exact) mass is 338 g/mol. The van der Waals surface area contributed by atoms with Gasteiger partial charge in [-0.3, -0.25) is 0 Å².